The molecule has 3 aromatic rings. The van der Waals surface area contributed by atoms with Crippen LogP contribution >= 0.6 is 0 Å². The number of amides is 2. The molecule has 2 amide bonds. The zero-order valence-corrected chi connectivity index (χ0v) is 22.9. The molecule has 1 saturated heterocycles. The fourth-order valence-electron chi connectivity index (χ4n) is 4.79. The number of anilines is 2. The van der Waals surface area contributed by atoms with Crippen molar-refractivity contribution in [3.8, 4) is 0 Å². The van der Waals surface area contributed by atoms with E-state index in [1.165, 1.54) is 16.7 Å². The summed E-state index contributed by atoms with van der Waals surface area (Å²) >= 11 is 0. The lowest BCUT2D eigenvalue weighted by Gasteiger charge is -2.32. The third-order valence-electron chi connectivity index (χ3n) is 7.18. The van der Waals surface area contributed by atoms with E-state index in [1.54, 1.807) is 18.3 Å². The van der Waals surface area contributed by atoms with Crippen LogP contribution in [0.3, 0.4) is 0 Å². The van der Waals surface area contributed by atoms with Crippen LogP contribution in [-0.2, 0) is 0 Å². The van der Waals surface area contributed by atoms with Gasteiger partial charge in [0.05, 0.1) is 5.56 Å². The molecule has 198 valence electrons. The van der Waals surface area contributed by atoms with Crippen molar-refractivity contribution in [3.63, 3.8) is 0 Å². The van der Waals surface area contributed by atoms with Crippen molar-refractivity contribution in [2.24, 2.45) is 0 Å². The topological polar surface area (TPSA) is 77.6 Å². The van der Waals surface area contributed by atoms with Crippen molar-refractivity contribution in [1.29, 1.82) is 0 Å². The Balaban J connectivity index is 1.38. The molecule has 2 heterocycles. The van der Waals surface area contributed by atoms with Gasteiger partial charge in [0.2, 0.25) is 0 Å². The predicted molar refractivity (Wildman–Crippen MR) is 155 cm³/mol. The average Bonchev–Trinajstić information content (AvgIpc) is 2.94. The highest BCUT2D eigenvalue weighted by Crippen LogP contribution is 2.30. The van der Waals surface area contributed by atoms with Gasteiger partial charge >= 0.3 is 0 Å². The minimum Gasteiger partial charge on any atom is -0.394 e. The van der Waals surface area contributed by atoms with Crippen molar-refractivity contribution in [2.45, 2.75) is 32.6 Å². The smallest absolute Gasteiger partial charge is 0.257 e. The highest BCUT2D eigenvalue weighted by molar-refractivity contribution is 6.05. The number of nitrogens with one attached hydrogen (secondary N) is 2. The Morgan fingerprint density at radius 1 is 0.974 bits per heavy atom. The number of carbonyl (C=O) groups is 2. The quantitative estimate of drug-likeness (QED) is 0.450. The summed E-state index contributed by atoms with van der Waals surface area (Å²) in [6.45, 7) is 5.44. The number of nitrogens with zero attached hydrogens (tertiary/aromatic N) is 3. The number of hydrogen-bond donors (Lipinski definition) is 2. The molecule has 7 heteroatoms. The number of piperidine rings is 1. The molecule has 0 radical (unpaired) electrons. The van der Waals surface area contributed by atoms with Gasteiger partial charge in [-0.15, -0.1) is 0 Å². The molecule has 1 aliphatic heterocycles. The minimum absolute atomic E-state index is 0.000808. The molecule has 0 spiro atoms. The summed E-state index contributed by atoms with van der Waals surface area (Å²) in [5.41, 5.74) is 6.32. The lowest BCUT2D eigenvalue weighted by Crippen LogP contribution is -2.38. The van der Waals surface area contributed by atoms with Crippen molar-refractivity contribution in [3.05, 3.63) is 94.8 Å². The van der Waals surface area contributed by atoms with Crippen molar-refractivity contribution >= 4 is 28.9 Å². The van der Waals surface area contributed by atoms with Gasteiger partial charge in [-0.3, -0.25) is 9.59 Å². The van der Waals surface area contributed by atoms with Gasteiger partial charge in [-0.25, -0.2) is 4.98 Å². The Kier molecular flexibility index (Phi) is 8.46. The SMILES string of the molecule is CN/C=C(\C)c1ccc(C2CCN(C(=O)c3ccc(C)c(NC(=O)c4ccc(N(C)C)nc4)c3)CC2)cc1. The molecule has 0 saturated carbocycles. The Morgan fingerprint density at radius 3 is 2.24 bits per heavy atom. The Hall–Kier alpha value is -4.13. The van der Waals surface area contributed by atoms with Gasteiger partial charge in [-0.05, 0) is 85.3 Å². The van der Waals surface area contributed by atoms with E-state index in [9.17, 15) is 9.59 Å². The van der Waals surface area contributed by atoms with Gasteiger partial charge in [0.25, 0.3) is 11.8 Å². The van der Waals surface area contributed by atoms with Gasteiger partial charge in [-0.1, -0.05) is 30.3 Å². The van der Waals surface area contributed by atoms with Crippen molar-refractivity contribution in [1.82, 2.24) is 15.2 Å². The van der Waals surface area contributed by atoms with E-state index in [-0.39, 0.29) is 11.8 Å². The first-order valence-corrected chi connectivity index (χ1v) is 13.1. The van der Waals surface area contributed by atoms with Gasteiger partial charge in [0.1, 0.15) is 5.82 Å². The number of carbonyl (C=O) groups excluding carboxylic acids is 2. The number of likely N-dealkylation sites (tertiary alicyclic amines) is 1. The number of pyridine rings is 1. The molecule has 7 nitrogen and oxygen atoms in total. The summed E-state index contributed by atoms with van der Waals surface area (Å²) in [7, 11) is 5.71. The van der Waals surface area contributed by atoms with Crippen LogP contribution in [-0.4, -0.2) is 55.9 Å². The van der Waals surface area contributed by atoms with Gasteiger partial charge < -0.3 is 20.4 Å². The predicted octanol–water partition coefficient (Wildman–Crippen LogP) is 5.31. The van der Waals surface area contributed by atoms with E-state index in [0.717, 1.165) is 24.2 Å². The fraction of sp³-hybridized carbons (Fsp3) is 0.323. The van der Waals surface area contributed by atoms with Gasteiger partial charge in [0.15, 0.2) is 0 Å². The highest BCUT2D eigenvalue weighted by Gasteiger charge is 2.25. The first kappa shape index (κ1) is 26.9. The first-order chi connectivity index (χ1) is 18.3. The van der Waals surface area contributed by atoms with Crippen LogP contribution in [0.15, 0.2) is 67.0 Å². The average molecular weight is 512 g/mol. The molecule has 0 aliphatic carbocycles. The zero-order valence-electron chi connectivity index (χ0n) is 22.9. The Bertz CT molecular complexity index is 1310. The molecule has 2 N–H and O–H groups in total. The summed E-state index contributed by atoms with van der Waals surface area (Å²) in [5.74, 6) is 0.975. The lowest BCUT2D eigenvalue weighted by molar-refractivity contribution is 0.0712. The molecule has 0 atom stereocenters. The number of allylic oxidation sites excluding steroid dienone is 1. The maximum Gasteiger partial charge on any atom is 0.257 e. The number of rotatable bonds is 7. The minimum atomic E-state index is -0.251. The number of aryl methyl sites for hydroxylation is 1. The Morgan fingerprint density at radius 2 is 1.63 bits per heavy atom. The van der Waals surface area contributed by atoms with Crippen molar-refractivity contribution < 1.29 is 9.59 Å². The second kappa shape index (κ2) is 11.9. The maximum atomic E-state index is 13.3. The zero-order chi connectivity index (χ0) is 27.2. The van der Waals surface area contributed by atoms with E-state index >= 15 is 0 Å². The third-order valence-corrected chi connectivity index (χ3v) is 7.18. The summed E-state index contributed by atoms with van der Waals surface area (Å²) in [6.07, 6.45) is 5.43. The van der Waals surface area contributed by atoms with Gasteiger partial charge in [0, 0.05) is 51.7 Å². The van der Waals surface area contributed by atoms with Crippen LogP contribution in [0.4, 0.5) is 11.5 Å². The molecule has 0 unspecified atom stereocenters. The van der Waals surface area contributed by atoms with Gasteiger partial charge in [-0.2, -0.15) is 0 Å². The maximum absolute atomic E-state index is 13.3. The van der Waals surface area contributed by atoms with E-state index in [2.05, 4.69) is 46.8 Å². The standard InChI is InChI=1S/C31H37N5O2/c1-21-6-7-26(18-28(21)34-30(37)27-12-13-29(33-20-27)35(4)5)31(38)36-16-14-25(15-17-36)24-10-8-23(9-11-24)22(2)19-32-3/h6-13,18-20,25,32H,14-17H2,1-5H3,(H,34,37)/b22-19+. The molecule has 2 aromatic carbocycles. The lowest BCUT2D eigenvalue weighted by atomic mass is 9.88. The van der Waals surface area contributed by atoms with Crippen LogP contribution < -0.4 is 15.5 Å². The van der Waals surface area contributed by atoms with E-state index in [4.69, 9.17) is 0 Å². The summed E-state index contributed by atoms with van der Waals surface area (Å²) in [5, 5.41) is 6.03. The van der Waals surface area contributed by atoms with Crippen LogP contribution in [0.2, 0.25) is 0 Å². The second-order valence-corrected chi connectivity index (χ2v) is 10.1. The van der Waals surface area contributed by atoms with Crippen molar-refractivity contribution in [2.75, 3.05) is 44.4 Å². The molecule has 1 fully saturated rings. The molecule has 1 aliphatic rings. The molecular formula is C31H37N5O2. The summed E-state index contributed by atoms with van der Waals surface area (Å²) in [4.78, 5) is 34.3. The fourth-order valence-corrected chi connectivity index (χ4v) is 4.79. The van der Waals surface area contributed by atoms with Crippen LogP contribution in [0, 0.1) is 6.92 Å². The molecule has 0 bridgehead atoms. The van der Waals surface area contributed by atoms with Crippen LogP contribution in [0.1, 0.15) is 63.1 Å². The first-order valence-electron chi connectivity index (χ1n) is 13.1. The third kappa shape index (κ3) is 6.22. The van der Waals surface area contributed by atoms with E-state index in [1.807, 2.05) is 62.3 Å². The normalized spacial score (nSPS) is 14.2. The monoisotopic (exact) mass is 511 g/mol. The molecule has 38 heavy (non-hydrogen) atoms. The number of aromatic nitrogens is 1. The molecular weight excluding hydrogens is 474 g/mol. The summed E-state index contributed by atoms with van der Waals surface area (Å²) < 4.78 is 0. The largest absolute Gasteiger partial charge is 0.394 e. The highest BCUT2D eigenvalue weighted by atomic mass is 16.2. The molecule has 1 aromatic heterocycles. The molecule has 4 rings (SSSR count). The second-order valence-electron chi connectivity index (χ2n) is 10.1. The van der Waals surface area contributed by atoms with Crippen LogP contribution in [0.5, 0.6) is 0 Å². The van der Waals surface area contributed by atoms with Crippen LogP contribution in [0.25, 0.3) is 5.57 Å². The van der Waals surface area contributed by atoms with E-state index in [0.29, 0.717) is 35.8 Å². The summed E-state index contributed by atoms with van der Waals surface area (Å²) in [6, 6.07) is 17.8. The van der Waals surface area contributed by atoms with E-state index < -0.39 is 0 Å². The number of benzene rings is 2. The number of hydrogen-bond acceptors (Lipinski definition) is 5. The Labute approximate surface area is 225 Å².